The lowest BCUT2D eigenvalue weighted by atomic mass is 9.87. The maximum Gasteiger partial charge on any atom is 0.318 e. The molecule has 1 heterocycles. The molecule has 0 bridgehead atoms. The van der Waals surface area contributed by atoms with E-state index in [1.54, 1.807) is 0 Å². The van der Waals surface area contributed by atoms with E-state index in [2.05, 4.69) is 23.5 Å². The van der Waals surface area contributed by atoms with Crippen LogP contribution in [0.5, 0.6) is 0 Å². The minimum atomic E-state index is -0.0411. The molecule has 5 nitrogen and oxygen atoms in total. The number of carbonyl (C=O) groups excluding carboxylic acids is 1. The number of aliphatic hydroxyl groups excluding tert-OH is 1. The van der Waals surface area contributed by atoms with Gasteiger partial charge in [-0.25, -0.2) is 4.79 Å². The Morgan fingerprint density at radius 3 is 2.96 bits per heavy atom. The first-order chi connectivity index (χ1) is 11.8. The van der Waals surface area contributed by atoms with Gasteiger partial charge >= 0.3 is 6.03 Å². The third kappa shape index (κ3) is 4.08. The van der Waals surface area contributed by atoms with Crippen molar-refractivity contribution in [2.45, 2.75) is 50.7 Å². The Morgan fingerprint density at radius 2 is 2.17 bits per heavy atom. The molecule has 0 aromatic heterocycles. The highest BCUT2D eigenvalue weighted by molar-refractivity contribution is 5.75. The van der Waals surface area contributed by atoms with Gasteiger partial charge in [0.25, 0.3) is 0 Å². The van der Waals surface area contributed by atoms with Crippen molar-refractivity contribution < 1.29 is 14.6 Å². The van der Waals surface area contributed by atoms with E-state index in [0.29, 0.717) is 19.5 Å². The summed E-state index contributed by atoms with van der Waals surface area (Å²) < 4.78 is 5.59. The van der Waals surface area contributed by atoms with Gasteiger partial charge < -0.3 is 20.1 Å². The molecule has 3 rings (SSSR count). The largest absolute Gasteiger partial charge is 0.396 e. The second-order valence-corrected chi connectivity index (χ2v) is 6.70. The Hall–Kier alpha value is -1.59. The first-order valence-electron chi connectivity index (χ1n) is 9.14. The van der Waals surface area contributed by atoms with E-state index in [-0.39, 0.29) is 24.8 Å². The maximum absolute atomic E-state index is 12.8. The van der Waals surface area contributed by atoms with E-state index in [4.69, 9.17) is 4.74 Å². The number of carbonyl (C=O) groups is 1. The average molecular weight is 332 g/mol. The summed E-state index contributed by atoms with van der Waals surface area (Å²) in [5.41, 5.74) is 2.60. The first kappa shape index (κ1) is 17.2. The molecule has 24 heavy (non-hydrogen) atoms. The molecule has 1 aromatic carbocycles. The fourth-order valence-electron chi connectivity index (χ4n) is 3.80. The molecule has 2 amide bonds. The number of rotatable bonds is 6. The van der Waals surface area contributed by atoms with Crippen molar-refractivity contribution in [3.05, 3.63) is 35.4 Å². The highest BCUT2D eigenvalue weighted by Crippen LogP contribution is 2.34. The zero-order valence-corrected chi connectivity index (χ0v) is 14.2. The van der Waals surface area contributed by atoms with Crippen LogP contribution >= 0.6 is 0 Å². The number of fused-ring (bicyclic) bond motifs is 1. The number of aryl methyl sites for hydroxylation is 1. The quantitative estimate of drug-likeness (QED) is 0.842. The van der Waals surface area contributed by atoms with Gasteiger partial charge in [0.15, 0.2) is 0 Å². The highest BCUT2D eigenvalue weighted by Gasteiger charge is 2.29. The van der Waals surface area contributed by atoms with Crippen LogP contribution < -0.4 is 5.32 Å². The van der Waals surface area contributed by atoms with Gasteiger partial charge in [-0.2, -0.15) is 0 Å². The summed E-state index contributed by atoms with van der Waals surface area (Å²) in [6.07, 6.45) is 6.00. The molecule has 1 saturated heterocycles. The summed E-state index contributed by atoms with van der Waals surface area (Å²) in [4.78, 5) is 14.7. The lowest BCUT2D eigenvalue weighted by molar-refractivity contribution is 0.105. The van der Waals surface area contributed by atoms with E-state index < -0.39 is 0 Å². The van der Waals surface area contributed by atoms with Gasteiger partial charge in [0.05, 0.1) is 12.1 Å². The molecule has 1 aliphatic carbocycles. The third-order valence-electron chi connectivity index (χ3n) is 5.04. The Kier molecular flexibility index (Phi) is 6.10. The van der Waals surface area contributed by atoms with Gasteiger partial charge in [0, 0.05) is 26.3 Å². The van der Waals surface area contributed by atoms with Crippen molar-refractivity contribution in [3.63, 3.8) is 0 Å². The number of amides is 2. The highest BCUT2D eigenvalue weighted by atomic mass is 16.5. The van der Waals surface area contributed by atoms with E-state index >= 15 is 0 Å². The molecule has 0 saturated carbocycles. The Balaban J connectivity index is 1.70. The van der Waals surface area contributed by atoms with Crippen molar-refractivity contribution in [2.75, 3.05) is 26.3 Å². The van der Waals surface area contributed by atoms with E-state index in [1.165, 1.54) is 11.1 Å². The van der Waals surface area contributed by atoms with Crippen LogP contribution in [0.15, 0.2) is 24.3 Å². The molecule has 2 N–H and O–H groups in total. The van der Waals surface area contributed by atoms with Gasteiger partial charge in [0.2, 0.25) is 0 Å². The topological polar surface area (TPSA) is 61.8 Å². The monoisotopic (exact) mass is 332 g/mol. The maximum atomic E-state index is 12.8. The van der Waals surface area contributed by atoms with Crippen LogP contribution in [0.4, 0.5) is 4.79 Å². The number of hydrogen-bond acceptors (Lipinski definition) is 3. The summed E-state index contributed by atoms with van der Waals surface area (Å²) in [6.45, 7) is 2.05. The summed E-state index contributed by atoms with van der Waals surface area (Å²) >= 11 is 0. The number of benzene rings is 1. The first-order valence-corrected chi connectivity index (χ1v) is 9.14. The molecule has 2 atom stereocenters. The summed E-state index contributed by atoms with van der Waals surface area (Å²) in [5.74, 6) is 0. The number of nitrogens with zero attached hydrogens (tertiary/aromatic N) is 1. The van der Waals surface area contributed by atoms with Crippen LogP contribution in [-0.4, -0.2) is 48.4 Å². The molecule has 5 heteroatoms. The minimum absolute atomic E-state index is 0.0411. The molecule has 2 aliphatic rings. The molecular weight excluding hydrogens is 304 g/mol. The molecule has 1 fully saturated rings. The average Bonchev–Trinajstić information content (AvgIpc) is 3.14. The van der Waals surface area contributed by atoms with Crippen LogP contribution in [0.25, 0.3) is 0 Å². The van der Waals surface area contributed by atoms with Crippen molar-refractivity contribution in [1.29, 1.82) is 0 Å². The van der Waals surface area contributed by atoms with Crippen LogP contribution in [0, 0.1) is 0 Å². The predicted octanol–water partition coefficient (Wildman–Crippen LogP) is 2.64. The molecule has 1 aliphatic heterocycles. The van der Waals surface area contributed by atoms with Gasteiger partial charge in [-0.15, -0.1) is 0 Å². The van der Waals surface area contributed by atoms with E-state index in [1.807, 2.05) is 11.0 Å². The van der Waals surface area contributed by atoms with Crippen molar-refractivity contribution in [1.82, 2.24) is 10.2 Å². The number of nitrogens with one attached hydrogen (secondary N) is 1. The zero-order valence-electron chi connectivity index (χ0n) is 14.2. The van der Waals surface area contributed by atoms with Crippen molar-refractivity contribution in [2.24, 2.45) is 0 Å². The standard InChI is InChI=1S/C19H28N2O3/c22-12-5-11-21(19(23)20-14-16-8-4-13-24-16)18-10-3-7-15-6-1-2-9-17(15)18/h1-2,6,9,16,18,22H,3-5,7-8,10-14H2,(H,20,23). The smallest absolute Gasteiger partial charge is 0.318 e. The number of aliphatic hydroxyl groups is 1. The molecule has 1 aromatic rings. The summed E-state index contributed by atoms with van der Waals surface area (Å²) in [7, 11) is 0. The zero-order chi connectivity index (χ0) is 16.8. The van der Waals surface area contributed by atoms with Crippen LogP contribution in [0.3, 0.4) is 0 Å². The molecular formula is C19H28N2O3. The molecule has 132 valence electrons. The van der Waals surface area contributed by atoms with Gasteiger partial charge in [-0.3, -0.25) is 0 Å². The van der Waals surface area contributed by atoms with Gasteiger partial charge in [0.1, 0.15) is 0 Å². The van der Waals surface area contributed by atoms with E-state index in [9.17, 15) is 9.90 Å². The molecule has 0 radical (unpaired) electrons. The Labute approximate surface area is 144 Å². The number of urea groups is 1. The minimum Gasteiger partial charge on any atom is -0.396 e. The van der Waals surface area contributed by atoms with E-state index in [0.717, 1.165) is 38.7 Å². The van der Waals surface area contributed by atoms with Crippen molar-refractivity contribution >= 4 is 6.03 Å². The Bertz CT molecular complexity index is 543. The van der Waals surface area contributed by atoms with Crippen LogP contribution in [0.2, 0.25) is 0 Å². The van der Waals surface area contributed by atoms with Crippen LogP contribution in [0.1, 0.15) is 49.3 Å². The van der Waals surface area contributed by atoms with Gasteiger partial charge in [-0.1, -0.05) is 24.3 Å². The predicted molar refractivity (Wildman–Crippen MR) is 92.9 cm³/mol. The Morgan fingerprint density at radius 1 is 1.29 bits per heavy atom. The molecule has 2 unspecified atom stereocenters. The van der Waals surface area contributed by atoms with Crippen molar-refractivity contribution in [3.8, 4) is 0 Å². The SMILES string of the molecule is O=C(NCC1CCCO1)N(CCCO)C1CCCc2ccccc21. The lowest BCUT2D eigenvalue weighted by Gasteiger charge is -2.36. The fraction of sp³-hybridized carbons (Fsp3) is 0.632. The number of hydrogen-bond donors (Lipinski definition) is 2. The summed E-state index contributed by atoms with van der Waals surface area (Å²) in [5, 5.41) is 12.3. The lowest BCUT2D eigenvalue weighted by Crippen LogP contribution is -2.46. The number of ether oxygens (including phenoxy) is 1. The molecule has 0 spiro atoms. The fourth-order valence-corrected chi connectivity index (χ4v) is 3.80. The second kappa shape index (κ2) is 8.49. The third-order valence-corrected chi connectivity index (χ3v) is 5.04. The second-order valence-electron chi connectivity index (χ2n) is 6.70. The van der Waals surface area contributed by atoms with Crippen LogP contribution in [-0.2, 0) is 11.2 Å². The summed E-state index contributed by atoms with van der Waals surface area (Å²) in [6, 6.07) is 8.48. The normalized spacial score (nSPS) is 22.9. The van der Waals surface area contributed by atoms with Gasteiger partial charge in [-0.05, 0) is 49.7 Å².